The molecule has 0 spiro atoms. The summed E-state index contributed by atoms with van der Waals surface area (Å²) in [7, 11) is -9.93. The van der Waals surface area contributed by atoms with E-state index in [-0.39, 0.29) is 25.7 Å². The number of hydrogen-bond donors (Lipinski definition) is 3. The van der Waals surface area contributed by atoms with Crippen LogP contribution in [0.5, 0.6) is 0 Å². The van der Waals surface area contributed by atoms with Crippen molar-refractivity contribution in [2.75, 3.05) is 39.6 Å². The van der Waals surface area contributed by atoms with Crippen LogP contribution < -0.4 is 0 Å². The zero-order chi connectivity index (χ0) is 77.4. The zero-order valence-corrected chi connectivity index (χ0v) is 71.2. The van der Waals surface area contributed by atoms with Gasteiger partial charge in [0.15, 0.2) is 12.2 Å². The fraction of sp³-hybridized carbons (Fsp3) is 0.954. The highest BCUT2D eigenvalue weighted by molar-refractivity contribution is 7.47. The van der Waals surface area contributed by atoms with Crippen LogP contribution in [0.2, 0.25) is 0 Å². The van der Waals surface area contributed by atoms with Gasteiger partial charge in [0.1, 0.15) is 19.3 Å². The van der Waals surface area contributed by atoms with Crippen LogP contribution in [0.3, 0.4) is 0 Å². The largest absolute Gasteiger partial charge is 0.472 e. The second kappa shape index (κ2) is 81.1. The fourth-order valence-corrected chi connectivity index (χ4v) is 15.3. The van der Waals surface area contributed by atoms with E-state index in [1.165, 1.54) is 308 Å². The average molecular weight is 1550 g/mol. The number of rotatable bonds is 88. The maximum atomic E-state index is 13.2. The molecule has 17 nitrogen and oxygen atoms in total. The van der Waals surface area contributed by atoms with Gasteiger partial charge in [0, 0.05) is 25.7 Å². The summed E-state index contributed by atoms with van der Waals surface area (Å²) in [6.45, 7) is 5.06. The zero-order valence-electron chi connectivity index (χ0n) is 69.4. The highest BCUT2D eigenvalue weighted by Crippen LogP contribution is 2.45. The minimum atomic E-state index is -4.97. The molecule has 0 fully saturated rings. The van der Waals surface area contributed by atoms with Gasteiger partial charge in [-0.25, -0.2) is 9.13 Å². The van der Waals surface area contributed by atoms with Crippen LogP contribution in [0.1, 0.15) is 477 Å². The van der Waals surface area contributed by atoms with Crippen molar-refractivity contribution in [1.29, 1.82) is 0 Å². The summed E-state index contributed by atoms with van der Waals surface area (Å²) in [5.41, 5.74) is 0. The standard InChI is InChI=1S/C87H170O17P2/c1-5-9-13-17-21-25-29-32-35-37-39-40-41-43-45-47-50-54-58-62-66-70-74-87(92)104-83(78-98-85(90)72-68-64-60-56-52-49-46-44-42-38-36-33-30-26-22-18-14-10-6-2)80-102-106(95,96)100-76-81(88)75-99-105(93,94)101-79-82(77-97-84(89)71-67-63-59-55-51-28-24-20-16-12-8-4)103-86(91)73-69-65-61-57-53-48-34-31-27-23-19-15-11-7-3/h81-83,88H,5-80H2,1-4H3,(H,93,94)(H,95,96)/t81-,82+,83+/m0/s1. The molecule has 0 aliphatic rings. The van der Waals surface area contributed by atoms with Gasteiger partial charge in [-0.3, -0.25) is 37.3 Å². The summed E-state index contributed by atoms with van der Waals surface area (Å²) >= 11 is 0. The van der Waals surface area contributed by atoms with Crippen molar-refractivity contribution in [2.24, 2.45) is 0 Å². The third kappa shape index (κ3) is 80.1. The van der Waals surface area contributed by atoms with Crippen molar-refractivity contribution in [3.05, 3.63) is 0 Å². The van der Waals surface area contributed by atoms with Crippen LogP contribution in [0, 0.1) is 0 Å². The minimum Gasteiger partial charge on any atom is -0.462 e. The Morgan fingerprint density at radius 2 is 0.377 bits per heavy atom. The molecule has 3 N–H and O–H groups in total. The Kier molecular flexibility index (Phi) is 79.6. The summed E-state index contributed by atoms with van der Waals surface area (Å²) in [5, 5.41) is 10.7. The van der Waals surface area contributed by atoms with E-state index >= 15 is 0 Å². The number of ether oxygens (including phenoxy) is 4. The Hall–Kier alpha value is -1.94. The Morgan fingerprint density at radius 1 is 0.226 bits per heavy atom. The summed E-state index contributed by atoms with van der Waals surface area (Å²) in [6, 6.07) is 0. The molecule has 0 heterocycles. The highest BCUT2D eigenvalue weighted by Gasteiger charge is 2.30. The molecule has 0 amide bonds. The van der Waals surface area contributed by atoms with Gasteiger partial charge in [-0.1, -0.05) is 426 Å². The molecule has 0 aromatic carbocycles. The first-order valence-corrected chi connectivity index (χ1v) is 48.3. The molecule has 0 aliphatic carbocycles. The van der Waals surface area contributed by atoms with Gasteiger partial charge in [-0.2, -0.15) is 0 Å². The third-order valence-corrected chi connectivity index (χ3v) is 22.5. The molecule has 0 saturated heterocycles. The molecule has 0 aliphatic heterocycles. The predicted octanol–water partition coefficient (Wildman–Crippen LogP) is 26.9. The van der Waals surface area contributed by atoms with Gasteiger partial charge < -0.3 is 33.8 Å². The van der Waals surface area contributed by atoms with Crippen LogP contribution in [-0.4, -0.2) is 96.7 Å². The lowest BCUT2D eigenvalue weighted by Crippen LogP contribution is -2.30. The van der Waals surface area contributed by atoms with E-state index in [1.807, 2.05) is 0 Å². The van der Waals surface area contributed by atoms with Gasteiger partial charge in [0.2, 0.25) is 0 Å². The summed E-state index contributed by atoms with van der Waals surface area (Å²) in [6.07, 6.45) is 76.4. The van der Waals surface area contributed by atoms with Crippen LogP contribution in [-0.2, 0) is 65.4 Å². The molecule has 0 rings (SSSR count). The molecule has 0 bridgehead atoms. The number of phosphoric ester groups is 2. The van der Waals surface area contributed by atoms with Crippen LogP contribution in [0.25, 0.3) is 0 Å². The molecule has 5 atom stereocenters. The van der Waals surface area contributed by atoms with Crippen LogP contribution >= 0.6 is 15.6 Å². The lowest BCUT2D eigenvalue weighted by atomic mass is 10.0. The third-order valence-electron chi connectivity index (χ3n) is 20.6. The van der Waals surface area contributed by atoms with E-state index in [9.17, 15) is 43.2 Å². The van der Waals surface area contributed by atoms with Crippen molar-refractivity contribution in [1.82, 2.24) is 0 Å². The first-order valence-electron chi connectivity index (χ1n) is 45.3. The SMILES string of the molecule is CCCCCCCCCCCCCCCCCCCCCCCCC(=O)O[C@H](COC(=O)CCCCCCCCCCCCCCCCCCCCC)COP(=O)(O)OC[C@@H](O)COP(=O)(O)OC[C@@H](COC(=O)CCCCCCCCCCCCC)OC(=O)CCCCCCCCCCCCCCCC. The number of esters is 4. The predicted molar refractivity (Wildman–Crippen MR) is 437 cm³/mol. The van der Waals surface area contributed by atoms with Crippen molar-refractivity contribution < 1.29 is 80.2 Å². The number of aliphatic hydroxyl groups excluding tert-OH is 1. The Balaban J connectivity index is 5.22. The van der Waals surface area contributed by atoms with E-state index in [2.05, 4.69) is 27.7 Å². The molecule has 0 aromatic rings. The Morgan fingerprint density at radius 3 is 0.557 bits per heavy atom. The smallest absolute Gasteiger partial charge is 0.462 e. The van der Waals surface area contributed by atoms with Crippen molar-refractivity contribution in [3.8, 4) is 0 Å². The van der Waals surface area contributed by atoms with Crippen LogP contribution in [0.4, 0.5) is 0 Å². The first-order chi connectivity index (χ1) is 51.7. The maximum Gasteiger partial charge on any atom is 0.472 e. The maximum absolute atomic E-state index is 13.2. The Bertz CT molecular complexity index is 2000. The van der Waals surface area contributed by atoms with Crippen molar-refractivity contribution >= 4 is 39.5 Å². The molecular formula is C87H170O17P2. The number of aliphatic hydroxyl groups is 1. The van der Waals surface area contributed by atoms with E-state index < -0.39 is 97.5 Å². The molecule has 0 saturated carbocycles. The van der Waals surface area contributed by atoms with Gasteiger partial charge in [0.05, 0.1) is 26.4 Å². The second-order valence-corrected chi connectivity index (χ2v) is 34.2. The quantitative estimate of drug-likeness (QED) is 0.0222. The first kappa shape index (κ1) is 104. The summed E-state index contributed by atoms with van der Waals surface area (Å²) < 4.78 is 68.9. The highest BCUT2D eigenvalue weighted by atomic mass is 31.2. The van der Waals surface area contributed by atoms with E-state index in [0.717, 1.165) is 89.9 Å². The number of carbonyl (C=O) groups is 4. The lowest BCUT2D eigenvalue weighted by Gasteiger charge is -2.21. The minimum absolute atomic E-state index is 0.109. The van der Waals surface area contributed by atoms with E-state index in [0.29, 0.717) is 25.7 Å². The normalized spacial score (nSPS) is 13.7. The van der Waals surface area contributed by atoms with Crippen molar-refractivity contribution in [3.63, 3.8) is 0 Å². The number of phosphoric acid groups is 2. The van der Waals surface area contributed by atoms with Gasteiger partial charge in [-0.15, -0.1) is 0 Å². The monoisotopic (exact) mass is 1550 g/mol. The lowest BCUT2D eigenvalue weighted by molar-refractivity contribution is -0.161. The number of unbranched alkanes of at least 4 members (excludes halogenated alkanes) is 62. The Labute approximate surface area is 651 Å². The fourth-order valence-electron chi connectivity index (χ4n) is 13.7. The summed E-state index contributed by atoms with van der Waals surface area (Å²) in [5.74, 6) is -2.10. The molecule has 2 unspecified atom stereocenters. The van der Waals surface area contributed by atoms with Gasteiger partial charge in [-0.05, 0) is 25.7 Å². The number of hydrogen-bond acceptors (Lipinski definition) is 15. The van der Waals surface area contributed by atoms with Gasteiger partial charge >= 0.3 is 39.5 Å². The van der Waals surface area contributed by atoms with E-state index in [1.54, 1.807) is 0 Å². The number of carbonyl (C=O) groups excluding carboxylic acids is 4. The molecule has 0 aromatic heterocycles. The molecular weight excluding hydrogens is 1380 g/mol. The van der Waals surface area contributed by atoms with Crippen LogP contribution in [0.15, 0.2) is 0 Å². The summed E-state index contributed by atoms with van der Waals surface area (Å²) in [4.78, 5) is 73.2. The topological polar surface area (TPSA) is 237 Å². The average Bonchev–Trinajstić information content (AvgIpc) is 0.903. The molecule has 0 radical (unpaired) electrons. The molecule has 630 valence electrons. The van der Waals surface area contributed by atoms with Gasteiger partial charge in [0.25, 0.3) is 0 Å². The molecule has 106 heavy (non-hydrogen) atoms. The van der Waals surface area contributed by atoms with Crippen molar-refractivity contribution in [2.45, 2.75) is 495 Å². The second-order valence-electron chi connectivity index (χ2n) is 31.3. The van der Waals surface area contributed by atoms with E-state index in [4.69, 9.17) is 37.0 Å². The molecule has 19 heteroatoms.